The van der Waals surface area contributed by atoms with Crippen LogP contribution in [0.3, 0.4) is 0 Å². The largest absolute Gasteiger partial charge is 0.497 e. The molecule has 3 amide bonds. The van der Waals surface area contributed by atoms with E-state index in [0.717, 1.165) is 12.0 Å². The van der Waals surface area contributed by atoms with Gasteiger partial charge in [0.05, 0.1) is 20.1 Å². The monoisotopic (exact) mass is 479 g/mol. The van der Waals surface area contributed by atoms with Gasteiger partial charge in [0.2, 0.25) is 11.8 Å². The number of carbonyl (C=O) groups excluding carboxylic acids is 3. The summed E-state index contributed by atoms with van der Waals surface area (Å²) >= 11 is 0. The number of rotatable bonds is 7. The molecule has 2 heterocycles. The fraction of sp³-hybridized carbons (Fsp3) is 0.444. The molecule has 2 aliphatic heterocycles. The number of piperidine rings is 1. The first kappa shape index (κ1) is 24.7. The van der Waals surface area contributed by atoms with Gasteiger partial charge in [-0.2, -0.15) is 0 Å². The number of methoxy groups -OCH3 is 1. The van der Waals surface area contributed by atoms with E-state index in [2.05, 4.69) is 5.32 Å². The van der Waals surface area contributed by atoms with E-state index >= 15 is 0 Å². The predicted octanol–water partition coefficient (Wildman–Crippen LogP) is 2.62. The maximum atomic E-state index is 13.7. The van der Waals surface area contributed by atoms with Gasteiger partial charge in [-0.05, 0) is 36.2 Å². The summed E-state index contributed by atoms with van der Waals surface area (Å²) in [4.78, 5) is 43.0. The summed E-state index contributed by atoms with van der Waals surface area (Å²) in [7, 11) is 1.57. The summed E-state index contributed by atoms with van der Waals surface area (Å²) < 4.78 is 11.4. The second-order valence-corrected chi connectivity index (χ2v) is 9.01. The average molecular weight is 480 g/mol. The molecule has 186 valence electrons. The van der Waals surface area contributed by atoms with E-state index in [1.807, 2.05) is 42.2 Å². The van der Waals surface area contributed by atoms with Crippen molar-refractivity contribution in [2.45, 2.75) is 44.4 Å². The summed E-state index contributed by atoms with van der Waals surface area (Å²) in [5, 5.41) is 2.91. The summed E-state index contributed by atoms with van der Waals surface area (Å²) in [6.07, 6.45) is 2.04. The molecule has 1 spiro atoms. The van der Waals surface area contributed by atoms with Crippen LogP contribution >= 0.6 is 0 Å². The molecule has 2 aromatic carbocycles. The molecule has 0 saturated carbocycles. The van der Waals surface area contributed by atoms with E-state index in [1.165, 1.54) is 0 Å². The van der Waals surface area contributed by atoms with Crippen LogP contribution in [0.4, 0.5) is 0 Å². The third kappa shape index (κ3) is 5.32. The summed E-state index contributed by atoms with van der Waals surface area (Å²) in [5.41, 5.74) is 0.514. The molecule has 1 N–H and O–H groups in total. The molecule has 2 aliphatic rings. The average Bonchev–Trinajstić information content (AvgIpc) is 3.26. The molecule has 0 bridgehead atoms. The molecule has 2 aromatic rings. The fourth-order valence-corrected chi connectivity index (χ4v) is 4.79. The number of amides is 3. The zero-order valence-electron chi connectivity index (χ0n) is 20.4. The third-order valence-corrected chi connectivity index (χ3v) is 6.76. The van der Waals surface area contributed by atoms with Gasteiger partial charge in [-0.25, -0.2) is 0 Å². The van der Waals surface area contributed by atoms with Crippen molar-refractivity contribution in [3.05, 3.63) is 65.7 Å². The molecule has 0 aromatic heterocycles. The van der Waals surface area contributed by atoms with Crippen LogP contribution in [0.1, 0.15) is 42.1 Å². The van der Waals surface area contributed by atoms with Crippen LogP contribution in [0.15, 0.2) is 54.6 Å². The minimum atomic E-state index is -0.922. The Balaban J connectivity index is 1.52. The third-order valence-electron chi connectivity index (χ3n) is 6.76. The number of hydrogen-bond donors (Lipinski definition) is 1. The molecule has 8 nitrogen and oxygen atoms in total. The summed E-state index contributed by atoms with van der Waals surface area (Å²) in [6, 6.07) is 15.8. The Hall–Kier alpha value is -3.39. The SMILES string of the molecule is CCCNC(=O)[C@@H]1COC2(CCN(C(=O)Cc3ccccc3)CC2)N1C(=O)c1ccc(OC)cc1. The van der Waals surface area contributed by atoms with Crippen molar-refractivity contribution in [1.82, 2.24) is 15.1 Å². The van der Waals surface area contributed by atoms with Gasteiger partial charge in [-0.3, -0.25) is 19.3 Å². The lowest BCUT2D eigenvalue weighted by molar-refractivity contribution is -0.143. The van der Waals surface area contributed by atoms with Gasteiger partial charge >= 0.3 is 0 Å². The number of ether oxygens (including phenoxy) is 2. The first-order chi connectivity index (χ1) is 17.0. The first-order valence-corrected chi connectivity index (χ1v) is 12.2. The number of nitrogens with one attached hydrogen (secondary N) is 1. The van der Waals surface area contributed by atoms with Gasteiger partial charge in [0.25, 0.3) is 5.91 Å². The lowest BCUT2D eigenvalue weighted by Crippen LogP contribution is -2.60. The minimum absolute atomic E-state index is 0.0503. The van der Waals surface area contributed by atoms with Crippen molar-refractivity contribution in [2.75, 3.05) is 33.4 Å². The highest BCUT2D eigenvalue weighted by molar-refractivity contribution is 5.98. The van der Waals surface area contributed by atoms with E-state index in [4.69, 9.17) is 9.47 Å². The fourth-order valence-electron chi connectivity index (χ4n) is 4.79. The highest BCUT2D eigenvalue weighted by atomic mass is 16.5. The molecule has 1 atom stereocenters. The Bertz CT molecular complexity index is 1030. The number of benzene rings is 2. The zero-order valence-corrected chi connectivity index (χ0v) is 20.4. The van der Waals surface area contributed by atoms with E-state index < -0.39 is 11.8 Å². The topological polar surface area (TPSA) is 88.2 Å². The summed E-state index contributed by atoms with van der Waals surface area (Å²) in [6.45, 7) is 3.57. The molecular formula is C27H33N3O5. The lowest BCUT2D eigenvalue weighted by atomic mass is 9.96. The van der Waals surface area contributed by atoms with Crippen molar-refractivity contribution in [1.29, 1.82) is 0 Å². The van der Waals surface area contributed by atoms with Crippen LogP contribution in [0.5, 0.6) is 5.75 Å². The predicted molar refractivity (Wildman–Crippen MR) is 131 cm³/mol. The van der Waals surface area contributed by atoms with Crippen molar-refractivity contribution in [3.63, 3.8) is 0 Å². The van der Waals surface area contributed by atoms with E-state index in [-0.39, 0.29) is 24.3 Å². The summed E-state index contributed by atoms with van der Waals surface area (Å²) in [5.74, 6) is 0.227. The second kappa shape index (κ2) is 10.9. The quantitative estimate of drug-likeness (QED) is 0.660. The number of nitrogens with zero attached hydrogens (tertiary/aromatic N) is 2. The zero-order chi connectivity index (χ0) is 24.8. The molecule has 8 heteroatoms. The smallest absolute Gasteiger partial charge is 0.256 e. The Morgan fingerprint density at radius 2 is 1.74 bits per heavy atom. The molecule has 0 radical (unpaired) electrons. The maximum absolute atomic E-state index is 13.7. The van der Waals surface area contributed by atoms with Crippen LogP contribution in [-0.4, -0.2) is 72.6 Å². The van der Waals surface area contributed by atoms with Gasteiger partial charge in [-0.15, -0.1) is 0 Å². The van der Waals surface area contributed by atoms with Gasteiger partial charge in [0.1, 0.15) is 17.5 Å². The van der Waals surface area contributed by atoms with E-state index in [9.17, 15) is 14.4 Å². The minimum Gasteiger partial charge on any atom is -0.497 e. The Morgan fingerprint density at radius 1 is 1.06 bits per heavy atom. The van der Waals surface area contributed by atoms with E-state index in [1.54, 1.807) is 36.3 Å². The standard InChI is InChI=1S/C27H33N3O5/c1-3-15-28-25(32)23-19-35-27(30(23)26(33)21-9-11-22(34-2)12-10-21)13-16-29(17-14-27)24(31)18-20-7-5-4-6-8-20/h4-12,23H,3,13-19H2,1-2H3,(H,28,32)/t23-/m0/s1. The van der Waals surface area contributed by atoms with Crippen LogP contribution in [0.25, 0.3) is 0 Å². The number of likely N-dealkylation sites (tertiary alicyclic amines) is 1. The second-order valence-electron chi connectivity index (χ2n) is 9.01. The Morgan fingerprint density at radius 3 is 2.37 bits per heavy atom. The normalized spacial score (nSPS) is 19.0. The van der Waals surface area contributed by atoms with E-state index in [0.29, 0.717) is 50.2 Å². The highest BCUT2D eigenvalue weighted by Gasteiger charge is 2.54. The molecule has 2 fully saturated rings. The molecule has 0 aliphatic carbocycles. The van der Waals surface area contributed by atoms with Gasteiger partial charge in [0.15, 0.2) is 0 Å². The van der Waals surface area contributed by atoms with Gasteiger partial charge in [0, 0.05) is 38.0 Å². The number of hydrogen-bond acceptors (Lipinski definition) is 5. The van der Waals surface area contributed by atoms with Gasteiger partial charge in [-0.1, -0.05) is 37.3 Å². The Kier molecular flexibility index (Phi) is 7.70. The van der Waals surface area contributed by atoms with Crippen LogP contribution in [0.2, 0.25) is 0 Å². The van der Waals surface area contributed by atoms with Crippen LogP contribution in [-0.2, 0) is 20.7 Å². The van der Waals surface area contributed by atoms with Crippen LogP contribution in [0, 0.1) is 0 Å². The Labute approximate surface area is 206 Å². The van der Waals surface area contributed by atoms with Crippen molar-refractivity contribution >= 4 is 17.7 Å². The molecule has 2 saturated heterocycles. The van der Waals surface area contributed by atoms with Gasteiger partial charge < -0.3 is 19.7 Å². The number of carbonyl (C=O) groups is 3. The molecular weight excluding hydrogens is 446 g/mol. The van der Waals surface area contributed by atoms with Crippen molar-refractivity contribution in [2.24, 2.45) is 0 Å². The van der Waals surface area contributed by atoms with Crippen molar-refractivity contribution < 1.29 is 23.9 Å². The van der Waals surface area contributed by atoms with Crippen molar-refractivity contribution in [3.8, 4) is 5.75 Å². The molecule has 35 heavy (non-hydrogen) atoms. The maximum Gasteiger partial charge on any atom is 0.256 e. The lowest BCUT2D eigenvalue weighted by Gasteiger charge is -2.44. The highest BCUT2D eigenvalue weighted by Crippen LogP contribution is 2.38. The van der Waals surface area contributed by atoms with Crippen LogP contribution < -0.4 is 10.1 Å². The molecule has 4 rings (SSSR count). The molecule has 0 unspecified atom stereocenters. The first-order valence-electron chi connectivity index (χ1n) is 12.2.